The average Bonchev–Trinajstić information content (AvgIpc) is 2.47. The fourth-order valence-electron chi connectivity index (χ4n) is 1.31. The first-order valence-electron chi connectivity index (χ1n) is 5.98. The molecule has 1 unspecified atom stereocenters. The molecule has 0 spiro atoms. The van der Waals surface area contributed by atoms with Gasteiger partial charge in [-0.1, -0.05) is 0 Å². The second-order valence-electron chi connectivity index (χ2n) is 4.01. The van der Waals surface area contributed by atoms with Crippen LogP contribution in [0.1, 0.15) is 6.92 Å². The van der Waals surface area contributed by atoms with Crippen molar-refractivity contribution in [2.75, 3.05) is 25.7 Å². The minimum Gasteiger partial charge on any atom is -0.383 e. The van der Waals surface area contributed by atoms with Gasteiger partial charge in [0, 0.05) is 13.7 Å². The van der Waals surface area contributed by atoms with Gasteiger partial charge in [-0.05, 0) is 6.92 Å². The van der Waals surface area contributed by atoms with Crippen LogP contribution in [0, 0.1) is 0 Å². The number of aromatic nitrogens is 2. The highest BCUT2D eigenvalue weighted by Crippen LogP contribution is 2.07. The van der Waals surface area contributed by atoms with Gasteiger partial charge in [-0.2, -0.15) is 4.72 Å². The number of sulfonamides is 1. The lowest BCUT2D eigenvalue weighted by molar-refractivity contribution is -0.122. The maximum absolute atomic E-state index is 12.0. The number of carbonyl (C=O) groups is 1. The molecule has 1 atom stereocenters. The van der Waals surface area contributed by atoms with Crippen LogP contribution in [-0.4, -0.2) is 50.6 Å². The maximum Gasteiger partial charge on any atom is 0.244 e. The van der Waals surface area contributed by atoms with E-state index >= 15 is 0 Å². The van der Waals surface area contributed by atoms with E-state index in [-0.39, 0.29) is 10.8 Å². The van der Waals surface area contributed by atoms with Crippen molar-refractivity contribution >= 4 is 21.9 Å². The van der Waals surface area contributed by atoms with E-state index in [1.165, 1.54) is 14.0 Å². The molecule has 1 rings (SSSR count). The first kappa shape index (κ1) is 17.2. The highest BCUT2D eigenvalue weighted by molar-refractivity contribution is 7.89. The van der Waals surface area contributed by atoms with E-state index in [1.807, 2.05) is 0 Å². The predicted octanol–water partition coefficient (Wildman–Crippen LogP) is -1.81. The summed E-state index contributed by atoms with van der Waals surface area (Å²) in [5, 5.41) is 2.53. The van der Waals surface area contributed by atoms with Crippen LogP contribution >= 0.6 is 0 Å². The molecule has 0 saturated heterocycles. The van der Waals surface area contributed by atoms with Crippen LogP contribution in [0.2, 0.25) is 0 Å². The van der Waals surface area contributed by atoms with Crippen LogP contribution in [0.3, 0.4) is 0 Å². The Morgan fingerprint density at radius 3 is 2.57 bits per heavy atom. The lowest BCUT2D eigenvalue weighted by atomic mass is 10.3. The third kappa shape index (κ3) is 5.23. The Bertz CT molecular complexity index is 561. The summed E-state index contributed by atoms with van der Waals surface area (Å²) in [6.45, 7) is 2.06. The van der Waals surface area contributed by atoms with Crippen LogP contribution in [-0.2, 0) is 19.6 Å². The van der Waals surface area contributed by atoms with E-state index in [0.717, 1.165) is 12.4 Å². The van der Waals surface area contributed by atoms with Gasteiger partial charge in [0.05, 0.1) is 25.0 Å². The second kappa shape index (κ2) is 7.83. The zero-order valence-electron chi connectivity index (χ0n) is 11.7. The fourth-order valence-corrected chi connectivity index (χ4v) is 2.40. The fraction of sp³-hybridized carbons (Fsp3) is 0.500. The lowest BCUT2D eigenvalue weighted by Gasteiger charge is -2.14. The number of methoxy groups -OCH3 is 1. The summed E-state index contributed by atoms with van der Waals surface area (Å²) in [4.78, 5) is 18.9. The minimum absolute atomic E-state index is 0.0827. The number of anilines is 1. The molecule has 0 aliphatic rings. The molecule has 0 aliphatic heterocycles. The summed E-state index contributed by atoms with van der Waals surface area (Å²) in [5.74, 6) is 4.71. The topological polar surface area (TPSA) is 148 Å². The molecule has 1 amide bonds. The largest absolute Gasteiger partial charge is 0.383 e. The Balaban J connectivity index is 2.68. The number of nitrogens with zero attached hydrogens (tertiary/aromatic N) is 2. The van der Waals surface area contributed by atoms with Crippen LogP contribution in [0.4, 0.5) is 5.95 Å². The number of nitrogens with one attached hydrogen (secondary N) is 3. The minimum atomic E-state index is -3.90. The Hall–Kier alpha value is -1.82. The number of hydrogen-bond acceptors (Lipinski definition) is 8. The number of amides is 1. The molecule has 21 heavy (non-hydrogen) atoms. The third-order valence-electron chi connectivity index (χ3n) is 2.40. The van der Waals surface area contributed by atoms with Gasteiger partial charge >= 0.3 is 0 Å². The molecule has 10 nitrogen and oxygen atoms in total. The molecular formula is C10H18N6O4S. The monoisotopic (exact) mass is 318 g/mol. The summed E-state index contributed by atoms with van der Waals surface area (Å²) >= 11 is 0. The highest BCUT2D eigenvalue weighted by Gasteiger charge is 2.22. The Labute approximate surface area is 122 Å². The molecule has 0 aliphatic carbocycles. The van der Waals surface area contributed by atoms with Crippen LogP contribution < -0.4 is 21.3 Å². The molecule has 1 aromatic rings. The van der Waals surface area contributed by atoms with E-state index in [9.17, 15) is 13.2 Å². The van der Waals surface area contributed by atoms with Gasteiger partial charge in [-0.25, -0.2) is 24.2 Å². The number of nitrogen functional groups attached to an aromatic ring is 1. The summed E-state index contributed by atoms with van der Waals surface area (Å²) in [7, 11) is -2.40. The van der Waals surface area contributed by atoms with E-state index in [4.69, 9.17) is 10.6 Å². The van der Waals surface area contributed by atoms with Gasteiger partial charge in [0.2, 0.25) is 21.9 Å². The maximum atomic E-state index is 12.0. The summed E-state index contributed by atoms with van der Waals surface area (Å²) < 4.78 is 31.1. The quantitative estimate of drug-likeness (QED) is 0.249. The first-order valence-corrected chi connectivity index (χ1v) is 7.46. The molecule has 0 saturated carbocycles. The average molecular weight is 318 g/mol. The van der Waals surface area contributed by atoms with Gasteiger partial charge in [-0.3, -0.25) is 10.2 Å². The first-order chi connectivity index (χ1) is 9.90. The Morgan fingerprint density at radius 2 is 2.05 bits per heavy atom. The molecule has 1 heterocycles. The van der Waals surface area contributed by atoms with E-state index in [0.29, 0.717) is 13.2 Å². The predicted molar refractivity (Wildman–Crippen MR) is 74.5 cm³/mol. The number of hydrogen-bond donors (Lipinski definition) is 4. The molecule has 1 aromatic heterocycles. The van der Waals surface area contributed by atoms with E-state index < -0.39 is 22.0 Å². The number of nitrogens with two attached hydrogens (primary N) is 1. The van der Waals surface area contributed by atoms with Crippen molar-refractivity contribution in [3.63, 3.8) is 0 Å². The molecule has 11 heteroatoms. The molecule has 118 valence electrons. The summed E-state index contributed by atoms with van der Waals surface area (Å²) in [6.07, 6.45) is 2.17. The number of carbonyl (C=O) groups excluding carboxylic acids is 1. The van der Waals surface area contributed by atoms with Crippen molar-refractivity contribution in [1.82, 2.24) is 20.0 Å². The van der Waals surface area contributed by atoms with Gasteiger partial charge in [0.1, 0.15) is 4.90 Å². The normalized spacial score (nSPS) is 12.7. The van der Waals surface area contributed by atoms with Crippen molar-refractivity contribution in [3.8, 4) is 0 Å². The van der Waals surface area contributed by atoms with E-state index in [1.54, 1.807) is 0 Å². The SMILES string of the molecule is COCCNC(=O)C(C)NS(=O)(=O)c1cnc(NN)nc1. The smallest absolute Gasteiger partial charge is 0.244 e. The van der Waals surface area contributed by atoms with Crippen molar-refractivity contribution in [1.29, 1.82) is 0 Å². The lowest BCUT2D eigenvalue weighted by Crippen LogP contribution is -2.45. The number of hydrazine groups is 1. The van der Waals surface area contributed by atoms with Gasteiger partial charge in [0.15, 0.2) is 0 Å². The molecule has 5 N–H and O–H groups in total. The van der Waals surface area contributed by atoms with Crippen LogP contribution in [0.5, 0.6) is 0 Å². The van der Waals surface area contributed by atoms with Crippen molar-refractivity contribution < 1.29 is 17.9 Å². The Kier molecular flexibility index (Phi) is 6.42. The molecule has 0 aromatic carbocycles. The van der Waals surface area contributed by atoms with Crippen LogP contribution in [0.15, 0.2) is 17.3 Å². The highest BCUT2D eigenvalue weighted by atomic mass is 32.2. The van der Waals surface area contributed by atoms with Crippen molar-refractivity contribution in [2.45, 2.75) is 17.9 Å². The van der Waals surface area contributed by atoms with Crippen LogP contribution in [0.25, 0.3) is 0 Å². The van der Waals surface area contributed by atoms with Gasteiger partial charge < -0.3 is 10.1 Å². The number of ether oxygens (including phenoxy) is 1. The number of rotatable bonds is 8. The summed E-state index contributed by atoms with van der Waals surface area (Å²) in [6, 6.07) is -0.945. The molecule has 0 bridgehead atoms. The molecule has 0 fully saturated rings. The summed E-state index contributed by atoms with van der Waals surface area (Å²) in [5.41, 5.74) is 2.18. The van der Waals surface area contributed by atoms with Crippen molar-refractivity contribution in [2.24, 2.45) is 5.84 Å². The van der Waals surface area contributed by atoms with Crippen molar-refractivity contribution in [3.05, 3.63) is 12.4 Å². The molecular weight excluding hydrogens is 300 g/mol. The third-order valence-corrected chi connectivity index (χ3v) is 3.89. The Morgan fingerprint density at radius 1 is 1.43 bits per heavy atom. The molecule has 0 radical (unpaired) electrons. The van der Waals surface area contributed by atoms with Gasteiger partial charge in [-0.15, -0.1) is 0 Å². The standard InChI is InChI=1S/C10H18N6O4S/c1-7(9(17)12-3-4-20-2)16-21(18,19)8-5-13-10(15-11)14-6-8/h5-7,16H,3-4,11H2,1-2H3,(H,12,17)(H,13,14,15). The zero-order valence-corrected chi connectivity index (χ0v) is 12.5. The second-order valence-corrected chi connectivity index (χ2v) is 5.73. The van der Waals surface area contributed by atoms with Gasteiger partial charge in [0.25, 0.3) is 0 Å². The zero-order chi connectivity index (χ0) is 15.9. The van der Waals surface area contributed by atoms with E-state index in [2.05, 4.69) is 25.4 Å².